The Hall–Kier alpha value is -0.220. The maximum atomic E-state index is 12.8. The Balaban J connectivity index is 1.99. The molecule has 0 saturated heterocycles. The molecule has 82 valence electrons. The average molecular weight is 291 g/mol. The molecular weight excluding hydrogens is 279 g/mol. The number of hydrogen-bond donors (Lipinski definition) is 1. The third-order valence-corrected chi connectivity index (χ3v) is 4.01. The first-order chi connectivity index (χ1) is 7.15. The monoisotopic (exact) mass is 290 g/mol. The molecule has 1 aromatic rings. The lowest BCUT2D eigenvalue weighted by molar-refractivity contribution is 0.249. The van der Waals surface area contributed by atoms with E-state index in [4.69, 9.17) is 4.74 Å². The Kier molecular flexibility index (Phi) is 3.26. The van der Waals surface area contributed by atoms with Crippen LogP contribution in [0.1, 0.15) is 12.8 Å². The maximum Gasteiger partial charge on any atom is 0.133 e. The zero-order chi connectivity index (χ0) is 10.9. The summed E-state index contributed by atoms with van der Waals surface area (Å²) in [6.45, 7) is 0.667. The molecule has 1 saturated carbocycles. The number of thiol groups is 1. The Bertz CT molecular complexity index is 366. The minimum absolute atomic E-state index is 0.260. The van der Waals surface area contributed by atoms with Gasteiger partial charge in [0.2, 0.25) is 0 Å². The van der Waals surface area contributed by atoms with Crippen molar-refractivity contribution in [3.63, 3.8) is 0 Å². The first-order valence-electron chi connectivity index (χ1n) is 4.84. The van der Waals surface area contributed by atoms with Crippen molar-refractivity contribution in [1.29, 1.82) is 0 Å². The van der Waals surface area contributed by atoms with Crippen molar-refractivity contribution in [3.8, 4) is 5.75 Å². The van der Waals surface area contributed by atoms with Crippen molar-refractivity contribution in [2.45, 2.75) is 12.8 Å². The van der Waals surface area contributed by atoms with E-state index in [1.165, 1.54) is 25.0 Å². The molecule has 2 rings (SSSR count). The van der Waals surface area contributed by atoms with E-state index in [1.807, 2.05) is 0 Å². The van der Waals surface area contributed by atoms with Crippen LogP contribution in [0.2, 0.25) is 0 Å². The standard InChI is InChI=1S/C11H12BrFOS/c12-9-5-8(13)1-2-10(9)14-6-11(7-15)3-4-11/h1-2,5,15H,3-4,6-7H2. The second kappa shape index (κ2) is 4.34. The normalized spacial score (nSPS) is 17.5. The predicted octanol–water partition coefficient (Wildman–Crippen LogP) is 3.68. The molecule has 15 heavy (non-hydrogen) atoms. The van der Waals surface area contributed by atoms with Crippen molar-refractivity contribution in [2.24, 2.45) is 5.41 Å². The summed E-state index contributed by atoms with van der Waals surface area (Å²) < 4.78 is 19.1. The van der Waals surface area contributed by atoms with Gasteiger partial charge in [-0.1, -0.05) is 0 Å². The van der Waals surface area contributed by atoms with Crippen LogP contribution in [0.15, 0.2) is 22.7 Å². The van der Waals surface area contributed by atoms with Gasteiger partial charge in [0.25, 0.3) is 0 Å². The summed E-state index contributed by atoms with van der Waals surface area (Å²) in [6, 6.07) is 4.46. The summed E-state index contributed by atoms with van der Waals surface area (Å²) in [7, 11) is 0. The zero-order valence-electron chi connectivity index (χ0n) is 8.17. The van der Waals surface area contributed by atoms with Crippen LogP contribution in [0.25, 0.3) is 0 Å². The quantitative estimate of drug-likeness (QED) is 0.833. The van der Waals surface area contributed by atoms with Crippen molar-refractivity contribution in [2.75, 3.05) is 12.4 Å². The molecular formula is C11H12BrFOS. The fourth-order valence-electron chi connectivity index (χ4n) is 1.35. The second-order valence-corrected chi connectivity index (χ2v) is 5.19. The minimum Gasteiger partial charge on any atom is -0.492 e. The number of rotatable bonds is 4. The van der Waals surface area contributed by atoms with Crippen LogP contribution in [0.4, 0.5) is 4.39 Å². The van der Waals surface area contributed by atoms with Crippen LogP contribution < -0.4 is 4.74 Å². The van der Waals surface area contributed by atoms with Crippen LogP contribution in [0.5, 0.6) is 5.75 Å². The van der Waals surface area contributed by atoms with Crippen LogP contribution in [0, 0.1) is 11.2 Å². The first kappa shape index (κ1) is 11.3. The molecule has 1 aliphatic carbocycles. The van der Waals surface area contributed by atoms with Gasteiger partial charge in [-0.05, 0) is 52.7 Å². The first-order valence-corrected chi connectivity index (χ1v) is 6.26. The molecule has 1 nitrogen and oxygen atoms in total. The highest BCUT2D eigenvalue weighted by molar-refractivity contribution is 9.10. The number of hydrogen-bond acceptors (Lipinski definition) is 2. The smallest absolute Gasteiger partial charge is 0.133 e. The second-order valence-electron chi connectivity index (χ2n) is 4.02. The third kappa shape index (κ3) is 2.67. The molecule has 1 aromatic carbocycles. The molecule has 0 spiro atoms. The molecule has 0 unspecified atom stereocenters. The Morgan fingerprint density at radius 2 is 2.20 bits per heavy atom. The largest absolute Gasteiger partial charge is 0.492 e. The number of halogens is 2. The van der Waals surface area contributed by atoms with Gasteiger partial charge in [-0.2, -0.15) is 12.6 Å². The van der Waals surface area contributed by atoms with Gasteiger partial charge < -0.3 is 4.74 Å². The lowest BCUT2D eigenvalue weighted by Gasteiger charge is -2.14. The molecule has 0 aliphatic heterocycles. The van der Waals surface area contributed by atoms with Gasteiger partial charge in [0.05, 0.1) is 11.1 Å². The van der Waals surface area contributed by atoms with Crippen LogP contribution in [0.3, 0.4) is 0 Å². The highest BCUT2D eigenvalue weighted by Gasteiger charge is 2.42. The van der Waals surface area contributed by atoms with E-state index in [-0.39, 0.29) is 11.2 Å². The predicted molar refractivity (Wildman–Crippen MR) is 65.1 cm³/mol. The zero-order valence-corrected chi connectivity index (χ0v) is 10.7. The van der Waals surface area contributed by atoms with Gasteiger partial charge >= 0.3 is 0 Å². The Morgan fingerprint density at radius 3 is 2.73 bits per heavy atom. The summed E-state index contributed by atoms with van der Waals surface area (Å²) in [6.07, 6.45) is 2.35. The topological polar surface area (TPSA) is 9.23 Å². The average Bonchev–Trinajstić information content (AvgIpc) is 2.97. The molecule has 0 heterocycles. The van der Waals surface area contributed by atoms with E-state index in [0.29, 0.717) is 16.8 Å². The Labute approximate surface area is 103 Å². The molecule has 0 bridgehead atoms. The van der Waals surface area contributed by atoms with Crippen LogP contribution in [-0.4, -0.2) is 12.4 Å². The van der Waals surface area contributed by atoms with Crippen molar-refractivity contribution >= 4 is 28.6 Å². The van der Waals surface area contributed by atoms with Gasteiger partial charge in [-0.3, -0.25) is 0 Å². The summed E-state index contributed by atoms with van der Waals surface area (Å²) in [5, 5.41) is 0. The van der Waals surface area contributed by atoms with Gasteiger partial charge in [0, 0.05) is 5.41 Å². The van der Waals surface area contributed by atoms with Gasteiger partial charge in [0.15, 0.2) is 0 Å². The fourth-order valence-corrected chi connectivity index (χ4v) is 2.22. The molecule has 0 amide bonds. The van der Waals surface area contributed by atoms with E-state index in [1.54, 1.807) is 6.07 Å². The fraction of sp³-hybridized carbons (Fsp3) is 0.455. The maximum absolute atomic E-state index is 12.8. The summed E-state index contributed by atoms with van der Waals surface area (Å²) in [5.74, 6) is 1.29. The van der Waals surface area contributed by atoms with E-state index < -0.39 is 0 Å². The van der Waals surface area contributed by atoms with Gasteiger partial charge in [0.1, 0.15) is 11.6 Å². The highest BCUT2D eigenvalue weighted by atomic mass is 79.9. The third-order valence-electron chi connectivity index (χ3n) is 2.72. The number of benzene rings is 1. The summed E-state index contributed by atoms with van der Waals surface area (Å²) in [5.41, 5.74) is 0.261. The SMILES string of the molecule is Fc1ccc(OCC2(CS)CC2)c(Br)c1. The molecule has 0 N–H and O–H groups in total. The molecule has 1 aliphatic rings. The molecule has 1 fully saturated rings. The summed E-state index contributed by atoms with van der Waals surface area (Å²) in [4.78, 5) is 0. The lowest BCUT2D eigenvalue weighted by atomic mass is 10.2. The minimum atomic E-state index is -0.260. The van der Waals surface area contributed by atoms with E-state index in [2.05, 4.69) is 28.6 Å². The van der Waals surface area contributed by atoms with Crippen molar-refractivity contribution < 1.29 is 9.13 Å². The van der Waals surface area contributed by atoms with Gasteiger partial charge in [-0.15, -0.1) is 0 Å². The molecule has 4 heteroatoms. The highest BCUT2D eigenvalue weighted by Crippen LogP contribution is 2.47. The van der Waals surface area contributed by atoms with Gasteiger partial charge in [-0.25, -0.2) is 4.39 Å². The Morgan fingerprint density at radius 1 is 1.47 bits per heavy atom. The van der Waals surface area contributed by atoms with Crippen LogP contribution in [-0.2, 0) is 0 Å². The lowest BCUT2D eigenvalue weighted by Crippen LogP contribution is -2.14. The van der Waals surface area contributed by atoms with E-state index >= 15 is 0 Å². The molecule has 0 atom stereocenters. The molecule has 0 radical (unpaired) electrons. The van der Waals surface area contributed by atoms with E-state index in [0.717, 1.165) is 5.75 Å². The van der Waals surface area contributed by atoms with Crippen LogP contribution >= 0.6 is 28.6 Å². The van der Waals surface area contributed by atoms with Crippen molar-refractivity contribution in [3.05, 3.63) is 28.5 Å². The van der Waals surface area contributed by atoms with E-state index in [9.17, 15) is 4.39 Å². The van der Waals surface area contributed by atoms with Crippen molar-refractivity contribution in [1.82, 2.24) is 0 Å². The number of ether oxygens (including phenoxy) is 1. The molecule has 0 aromatic heterocycles. The summed E-state index contributed by atoms with van der Waals surface area (Å²) >= 11 is 7.57.